The van der Waals surface area contributed by atoms with E-state index in [1.54, 1.807) is 0 Å². The van der Waals surface area contributed by atoms with Gasteiger partial charge in [-0.3, -0.25) is 0 Å². The molecule has 0 aromatic carbocycles. The van der Waals surface area contributed by atoms with Crippen molar-refractivity contribution in [2.75, 3.05) is 17.3 Å². The van der Waals surface area contributed by atoms with Crippen LogP contribution in [0.25, 0.3) is 0 Å². The van der Waals surface area contributed by atoms with Gasteiger partial charge in [-0.15, -0.1) is 0 Å². The summed E-state index contributed by atoms with van der Waals surface area (Å²) >= 11 is 3.44. The number of aromatic nitrogens is 2. The Morgan fingerprint density at radius 3 is 2.58 bits per heavy atom. The second kappa shape index (κ2) is 7.65. The van der Waals surface area contributed by atoms with Gasteiger partial charge in [0.1, 0.15) is 16.6 Å². The Balaban J connectivity index is 2.56. The van der Waals surface area contributed by atoms with Crippen LogP contribution in [0, 0.1) is 5.41 Å². The Bertz CT molecular complexity index is 395. The summed E-state index contributed by atoms with van der Waals surface area (Å²) in [5.41, 5.74) is 2.78. The van der Waals surface area contributed by atoms with Crippen LogP contribution in [-0.4, -0.2) is 16.5 Å². The molecule has 1 aromatic heterocycles. The molecule has 0 saturated carbocycles. The van der Waals surface area contributed by atoms with Crippen molar-refractivity contribution < 1.29 is 0 Å². The highest BCUT2D eigenvalue weighted by atomic mass is 79.9. The third-order valence-electron chi connectivity index (χ3n) is 3.12. The van der Waals surface area contributed by atoms with E-state index in [0.29, 0.717) is 5.82 Å². The molecule has 0 aliphatic rings. The Morgan fingerprint density at radius 2 is 1.95 bits per heavy atom. The lowest BCUT2D eigenvalue weighted by molar-refractivity contribution is 0.342. The molecule has 108 valence electrons. The van der Waals surface area contributed by atoms with E-state index in [-0.39, 0.29) is 5.41 Å². The van der Waals surface area contributed by atoms with Gasteiger partial charge in [-0.05, 0) is 27.8 Å². The highest BCUT2D eigenvalue weighted by Gasteiger charge is 2.18. The summed E-state index contributed by atoms with van der Waals surface area (Å²) in [5.74, 6) is 6.74. The first-order valence-corrected chi connectivity index (χ1v) is 7.50. The third kappa shape index (κ3) is 5.32. The zero-order valence-electron chi connectivity index (χ0n) is 12.0. The minimum Gasteiger partial charge on any atom is -0.368 e. The van der Waals surface area contributed by atoms with Crippen LogP contribution in [0.2, 0.25) is 0 Å². The van der Waals surface area contributed by atoms with Gasteiger partial charge in [0.15, 0.2) is 5.82 Å². The van der Waals surface area contributed by atoms with E-state index in [1.807, 2.05) is 0 Å². The number of hydrogen-bond donors (Lipinski definition) is 3. The van der Waals surface area contributed by atoms with E-state index < -0.39 is 0 Å². The lowest BCUT2D eigenvalue weighted by Crippen LogP contribution is -2.24. The van der Waals surface area contributed by atoms with Crippen molar-refractivity contribution in [3.63, 3.8) is 0 Å². The first kappa shape index (κ1) is 16.2. The van der Waals surface area contributed by atoms with Gasteiger partial charge >= 0.3 is 0 Å². The highest BCUT2D eigenvalue weighted by Crippen LogP contribution is 2.28. The largest absolute Gasteiger partial charge is 0.368 e. The normalized spacial score (nSPS) is 11.4. The zero-order valence-corrected chi connectivity index (χ0v) is 13.5. The molecular weight excluding hydrogens is 306 g/mol. The number of nitrogens with one attached hydrogen (secondary N) is 2. The average Bonchev–Trinajstić information content (AvgIpc) is 2.38. The topological polar surface area (TPSA) is 75.9 Å². The van der Waals surface area contributed by atoms with Crippen LogP contribution in [0.1, 0.15) is 46.5 Å². The quantitative estimate of drug-likeness (QED) is 0.386. The molecule has 0 spiro atoms. The maximum Gasteiger partial charge on any atom is 0.159 e. The number of halogens is 1. The number of anilines is 2. The standard InChI is InChI=1S/C13H24BrN5/c1-4-5-6-7-13(2,3)8-16-11-10(14)12(19-15)18-9-17-11/h9H,4-8,15H2,1-3H3,(H2,16,17,18,19). The molecule has 0 atom stereocenters. The van der Waals surface area contributed by atoms with Gasteiger partial charge in [0.25, 0.3) is 0 Å². The van der Waals surface area contributed by atoms with Crippen molar-refractivity contribution in [2.45, 2.75) is 46.5 Å². The maximum atomic E-state index is 5.38. The fourth-order valence-electron chi connectivity index (χ4n) is 1.86. The van der Waals surface area contributed by atoms with Gasteiger partial charge in [0.2, 0.25) is 0 Å². The molecule has 1 heterocycles. The van der Waals surface area contributed by atoms with Crippen molar-refractivity contribution in [3.8, 4) is 0 Å². The second-order valence-corrected chi connectivity index (χ2v) is 6.30. The van der Waals surface area contributed by atoms with E-state index in [2.05, 4.69) is 57.4 Å². The van der Waals surface area contributed by atoms with Crippen molar-refractivity contribution in [1.82, 2.24) is 9.97 Å². The van der Waals surface area contributed by atoms with Crippen LogP contribution in [0.4, 0.5) is 11.6 Å². The second-order valence-electron chi connectivity index (χ2n) is 5.50. The van der Waals surface area contributed by atoms with E-state index in [0.717, 1.165) is 16.8 Å². The molecule has 4 N–H and O–H groups in total. The number of hydrazine groups is 1. The summed E-state index contributed by atoms with van der Waals surface area (Å²) in [6, 6.07) is 0. The van der Waals surface area contributed by atoms with Crippen molar-refractivity contribution in [3.05, 3.63) is 10.8 Å². The molecule has 5 nitrogen and oxygen atoms in total. The van der Waals surface area contributed by atoms with Crippen LogP contribution in [0.3, 0.4) is 0 Å². The molecule has 0 amide bonds. The zero-order chi connectivity index (χ0) is 14.3. The maximum absolute atomic E-state index is 5.38. The Labute approximate surface area is 123 Å². The summed E-state index contributed by atoms with van der Waals surface area (Å²) in [6.07, 6.45) is 6.52. The van der Waals surface area contributed by atoms with Crippen molar-refractivity contribution in [1.29, 1.82) is 0 Å². The number of nitrogen functional groups attached to an aromatic ring is 1. The minimum atomic E-state index is 0.246. The lowest BCUT2D eigenvalue weighted by atomic mass is 9.87. The molecule has 0 fully saturated rings. The SMILES string of the molecule is CCCCCC(C)(C)CNc1ncnc(NN)c1Br. The minimum absolute atomic E-state index is 0.246. The molecule has 0 aliphatic heterocycles. The van der Waals surface area contributed by atoms with E-state index in [9.17, 15) is 0 Å². The predicted octanol–water partition coefficient (Wildman–Crippen LogP) is 3.54. The number of nitrogens with two attached hydrogens (primary N) is 1. The van der Waals surface area contributed by atoms with Crippen LogP contribution in [-0.2, 0) is 0 Å². The molecule has 19 heavy (non-hydrogen) atoms. The van der Waals surface area contributed by atoms with E-state index in [4.69, 9.17) is 5.84 Å². The smallest absolute Gasteiger partial charge is 0.159 e. The fraction of sp³-hybridized carbons (Fsp3) is 0.692. The third-order valence-corrected chi connectivity index (χ3v) is 3.87. The van der Waals surface area contributed by atoms with Crippen LogP contribution < -0.4 is 16.6 Å². The number of nitrogens with zero attached hydrogens (tertiary/aromatic N) is 2. The first-order chi connectivity index (χ1) is 9.00. The first-order valence-electron chi connectivity index (χ1n) is 6.71. The van der Waals surface area contributed by atoms with Gasteiger partial charge in [-0.25, -0.2) is 15.8 Å². The molecular formula is C13H24BrN5. The van der Waals surface area contributed by atoms with E-state index in [1.165, 1.54) is 32.0 Å². The van der Waals surface area contributed by atoms with Crippen LogP contribution in [0.5, 0.6) is 0 Å². The lowest BCUT2D eigenvalue weighted by Gasteiger charge is -2.25. The Morgan fingerprint density at radius 1 is 1.26 bits per heavy atom. The number of unbranched alkanes of at least 4 members (excludes halogenated alkanes) is 2. The van der Waals surface area contributed by atoms with Gasteiger partial charge in [-0.2, -0.15) is 0 Å². The van der Waals surface area contributed by atoms with Crippen LogP contribution in [0.15, 0.2) is 10.8 Å². The molecule has 0 unspecified atom stereocenters. The summed E-state index contributed by atoms with van der Waals surface area (Å²) in [4.78, 5) is 8.25. The predicted molar refractivity (Wildman–Crippen MR) is 84.0 cm³/mol. The average molecular weight is 330 g/mol. The highest BCUT2D eigenvalue weighted by molar-refractivity contribution is 9.10. The monoisotopic (exact) mass is 329 g/mol. The summed E-state index contributed by atoms with van der Waals surface area (Å²) in [6.45, 7) is 7.64. The summed E-state index contributed by atoms with van der Waals surface area (Å²) in [7, 11) is 0. The van der Waals surface area contributed by atoms with Gasteiger partial charge in [0, 0.05) is 6.54 Å². The molecule has 1 rings (SSSR count). The molecule has 1 aromatic rings. The summed E-state index contributed by atoms with van der Waals surface area (Å²) < 4.78 is 0.766. The van der Waals surface area contributed by atoms with Crippen LogP contribution >= 0.6 is 15.9 Å². The van der Waals surface area contributed by atoms with Crippen molar-refractivity contribution in [2.24, 2.45) is 11.3 Å². The molecule has 0 aliphatic carbocycles. The fourth-order valence-corrected chi connectivity index (χ4v) is 2.32. The Kier molecular flexibility index (Phi) is 6.51. The number of hydrogen-bond acceptors (Lipinski definition) is 5. The molecule has 6 heteroatoms. The molecule has 0 saturated heterocycles. The van der Waals surface area contributed by atoms with Crippen molar-refractivity contribution >= 4 is 27.6 Å². The van der Waals surface area contributed by atoms with Gasteiger partial charge in [-0.1, -0.05) is 40.0 Å². The summed E-state index contributed by atoms with van der Waals surface area (Å²) in [5, 5.41) is 3.36. The molecule has 0 bridgehead atoms. The van der Waals surface area contributed by atoms with E-state index >= 15 is 0 Å². The number of rotatable bonds is 8. The van der Waals surface area contributed by atoms with Gasteiger partial charge < -0.3 is 10.7 Å². The molecule has 0 radical (unpaired) electrons. The Hall–Kier alpha value is -0.880. The van der Waals surface area contributed by atoms with Gasteiger partial charge in [0.05, 0.1) is 0 Å².